The first-order valence-corrected chi connectivity index (χ1v) is 10.8. The van der Waals surface area contributed by atoms with E-state index >= 15 is 0 Å². The van der Waals surface area contributed by atoms with E-state index in [1.165, 1.54) is 24.2 Å². The minimum Gasteiger partial charge on any atom is -0.321 e. The van der Waals surface area contributed by atoms with Crippen molar-refractivity contribution in [3.8, 4) is 11.4 Å². The van der Waals surface area contributed by atoms with E-state index < -0.39 is 0 Å². The molecule has 1 N–H and O–H groups in total. The number of anilines is 1. The lowest BCUT2D eigenvalue weighted by Gasteiger charge is -2.11. The highest BCUT2D eigenvalue weighted by Gasteiger charge is 2.18. The Hall–Kier alpha value is -2.99. The van der Waals surface area contributed by atoms with Crippen LogP contribution in [-0.4, -0.2) is 20.7 Å². The second kappa shape index (κ2) is 7.44. The summed E-state index contributed by atoms with van der Waals surface area (Å²) in [4.78, 5) is 13.6. The van der Waals surface area contributed by atoms with Crippen molar-refractivity contribution in [1.29, 1.82) is 0 Å². The highest BCUT2D eigenvalue weighted by Crippen LogP contribution is 2.29. The van der Waals surface area contributed by atoms with Gasteiger partial charge in [-0.15, -0.1) is 21.5 Å². The average Bonchev–Trinajstić information content (AvgIpc) is 3.27. The van der Waals surface area contributed by atoms with Crippen molar-refractivity contribution in [3.05, 3.63) is 64.8 Å². The summed E-state index contributed by atoms with van der Waals surface area (Å²) in [5.41, 5.74) is 2.83. The van der Waals surface area contributed by atoms with Crippen molar-refractivity contribution >= 4 is 33.0 Å². The lowest BCUT2D eigenvalue weighted by Crippen LogP contribution is -2.11. The van der Waals surface area contributed by atoms with Gasteiger partial charge < -0.3 is 9.88 Å². The summed E-state index contributed by atoms with van der Waals surface area (Å²) in [6, 6.07) is 16.1. The summed E-state index contributed by atoms with van der Waals surface area (Å²) in [5, 5.41) is 13.0. The normalized spacial score (nSPS) is 13.8. The maximum Gasteiger partial charge on any atom is 0.265 e. The predicted molar refractivity (Wildman–Crippen MR) is 118 cm³/mol. The smallest absolute Gasteiger partial charge is 0.265 e. The first-order valence-electron chi connectivity index (χ1n) is 10.0. The van der Waals surface area contributed by atoms with E-state index in [-0.39, 0.29) is 5.91 Å². The van der Waals surface area contributed by atoms with Crippen molar-refractivity contribution in [3.63, 3.8) is 0 Å². The molecule has 5 rings (SSSR count). The lowest BCUT2D eigenvalue weighted by atomic mass is 10.1. The quantitative estimate of drug-likeness (QED) is 0.496. The Morgan fingerprint density at radius 2 is 1.97 bits per heavy atom. The zero-order valence-corrected chi connectivity index (χ0v) is 17.1. The van der Waals surface area contributed by atoms with Crippen molar-refractivity contribution in [2.45, 2.75) is 39.2 Å². The van der Waals surface area contributed by atoms with E-state index in [1.54, 1.807) is 0 Å². The summed E-state index contributed by atoms with van der Waals surface area (Å²) in [7, 11) is 0. The Kier molecular flexibility index (Phi) is 4.64. The van der Waals surface area contributed by atoms with Crippen LogP contribution in [0.25, 0.3) is 21.5 Å². The van der Waals surface area contributed by atoms with Gasteiger partial charge in [0, 0.05) is 28.9 Å². The average molecular weight is 403 g/mol. The van der Waals surface area contributed by atoms with Crippen LogP contribution in [0.5, 0.6) is 0 Å². The number of thiophene rings is 1. The summed E-state index contributed by atoms with van der Waals surface area (Å²) >= 11 is 1.51. The highest BCUT2D eigenvalue weighted by atomic mass is 32.1. The molecule has 0 spiro atoms. The van der Waals surface area contributed by atoms with Crippen molar-refractivity contribution < 1.29 is 4.79 Å². The number of amides is 1. The summed E-state index contributed by atoms with van der Waals surface area (Å²) < 4.78 is 3.35. The molecule has 3 heterocycles. The van der Waals surface area contributed by atoms with Crippen molar-refractivity contribution in [2.24, 2.45) is 0 Å². The van der Waals surface area contributed by atoms with Gasteiger partial charge in [0.2, 0.25) is 0 Å². The number of carbonyl (C=O) groups excluding carboxylic acids is 1. The maximum atomic E-state index is 12.9. The van der Waals surface area contributed by atoms with Gasteiger partial charge in [-0.3, -0.25) is 4.79 Å². The Labute approximate surface area is 173 Å². The van der Waals surface area contributed by atoms with Gasteiger partial charge in [-0.1, -0.05) is 36.8 Å². The van der Waals surface area contributed by atoms with Crippen LogP contribution in [0.3, 0.4) is 0 Å². The van der Waals surface area contributed by atoms with Crippen LogP contribution in [0, 0.1) is 6.92 Å². The third kappa shape index (κ3) is 3.44. The molecule has 0 fully saturated rings. The first-order chi connectivity index (χ1) is 14.2. The molecule has 1 amide bonds. The molecule has 1 aliphatic rings. The van der Waals surface area contributed by atoms with E-state index in [0.29, 0.717) is 4.88 Å². The lowest BCUT2D eigenvalue weighted by molar-refractivity contribution is 0.103. The molecule has 0 aliphatic carbocycles. The van der Waals surface area contributed by atoms with Gasteiger partial charge in [-0.05, 0) is 48.9 Å². The minimum absolute atomic E-state index is 0.0773. The van der Waals surface area contributed by atoms with E-state index in [4.69, 9.17) is 0 Å². The van der Waals surface area contributed by atoms with Gasteiger partial charge in [0.05, 0.1) is 4.88 Å². The van der Waals surface area contributed by atoms with Gasteiger partial charge in [0.1, 0.15) is 5.82 Å². The Bertz CT molecular complexity index is 1170. The molecule has 0 atom stereocenters. The molecule has 146 valence electrons. The molecule has 4 aromatic rings. The number of fused-ring (bicyclic) bond motifs is 2. The molecular formula is C23H22N4OS. The molecular weight excluding hydrogens is 380 g/mol. The Morgan fingerprint density at radius 3 is 2.86 bits per heavy atom. The third-order valence-corrected chi connectivity index (χ3v) is 6.62. The van der Waals surface area contributed by atoms with Gasteiger partial charge in [-0.2, -0.15) is 0 Å². The van der Waals surface area contributed by atoms with E-state index in [9.17, 15) is 4.79 Å². The van der Waals surface area contributed by atoms with Gasteiger partial charge in [0.25, 0.3) is 5.91 Å². The number of benzene rings is 2. The molecule has 29 heavy (non-hydrogen) atoms. The van der Waals surface area contributed by atoms with Crippen molar-refractivity contribution in [1.82, 2.24) is 14.8 Å². The molecule has 1 aliphatic heterocycles. The number of hydrogen-bond acceptors (Lipinski definition) is 4. The van der Waals surface area contributed by atoms with Crippen LogP contribution in [0.1, 0.15) is 40.3 Å². The fourth-order valence-corrected chi connectivity index (χ4v) is 4.83. The molecule has 0 saturated carbocycles. The third-order valence-electron chi connectivity index (χ3n) is 5.50. The first kappa shape index (κ1) is 18.1. The van der Waals surface area contributed by atoms with Crippen LogP contribution in [0.2, 0.25) is 0 Å². The highest BCUT2D eigenvalue weighted by molar-refractivity contribution is 7.20. The summed E-state index contributed by atoms with van der Waals surface area (Å²) in [6.07, 6.45) is 4.53. The van der Waals surface area contributed by atoms with Crippen molar-refractivity contribution in [2.75, 3.05) is 5.32 Å². The number of aromatic nitrogens is 3. The predicted octanol–water partition coefficient (Wildman–Crippen LogP) is 5.45. The topological polar surface area (TPSA) is 59.8 Å². The van der Waals surface area contributed by atoms with Crippen LogP contribution >= 0.6 is 11.3 Å². The molecule has 2 aromatic heterocycles. The van der Waals surface area contributed by atoms with Gasteiger partial charge in [0.15, 0.2) is 5.82 Å². The monoisotopic (exact) mass is 402 g/mol. The number of rotatable bonds is 3. The van der Waals surface area contributed by atoms with Gasteiger partial charge >= 0.3 is 0 Å². The summed E-state index contributed by atoms with van der Waals surface area (Å²) in [6.45, 7) is 2.96. The standard InChI is InChI=1S/C23H22N4OS/c1-15-10-11-17(22-26-25-21-9-3-2-6-12-27(21)22)13-18(15)24-23(28)20-14-16-7-4-5-8-19(16)29-20/h4-5,7-8,10-11,13-14H,2-3,6,9,12H2,1H3,(H,24,28). The van der Waals surface area contributed by atoms with E-state index in [2.05, 4.69) is 26.1 Å². The van der Waals surface area contributed by atoms with E-state index in [0.717, 1.165) is 57.9 Å². The number of hydrogen-bond donors (Lipinski definition) is 1. The SMILES string of the molecule is Cc1ccc(-c2nnc3n2CCCCC3)cc1NC(=O)c1cc2ccccc2s1. The van der Waals surface area contributed by atoms with Crippen LogP contribution < -0.4 is 5.32 Å². The molecule has 6 heteroatoms. The summed E-state index contributed by atoms with van der Waals surface area (Å²) in [5.74, 6) is 1.87. The Morgan fingerprint density at radius 1 is 1.07 bits per heavy atom. The largest absolute Gasteiger partial charge is 0.321 e. The van der Waals surface area contributed by atoms with Crippen LogP contribution in [-0.2, 0) is 13.0 Å². The minimum atomic E-state index is -0.0773. The Balaban J connectivity index is 1.45. The second-order valence-electron chi connectivity index (χ2n) is 7.53. The van der Waals surface area contributed by atoms with E-state index in [1.807, 2.05) is 49.4 Å². The fraction of sp³-hybridized carbons (Fsp3) is 0.261. The maximum absolute atomic E-state index is 12.9. The number of aryl methyl sites for hydroxylation is 2. The fourth-order valence-electron chi connectivity index (χ4n) is 3.87. The molecule has 0 unspecified atom stereocenters. The number of carbonyl (C=O) groups is 1. The second-order valence-corrected chi connectivity index (χ2v) is 8.62. The van der Waals surface area contributed by atoms with Gasteiger partial charge in [-0.25, -0.2) is 0 Å². The molecule has 0 bridgehead atoms. The molecule has 5 nitrogen and oxygen atoms in total. The zero-order valence-electron chi connectivity index (χ0n) is 16.3. The number of nitrogens with one attached hydrogen (secondary N) is 1. The number of nitrogens with zero attached hydrogens (tertiary/aromatic N) is 3. The molecule has 0 saturated heterocycles. The molecule has 2 aromatic carbocycles. The molecule has 0 radical (unpaired) electrons. The van der Waals surface area contributed by atoms with Crippen LogP contribution in [0.4, 0.5) is 5.69 Å². The van der Waals surface area contributed by atoms with Crippen LogP contribution in [0.15, 0.2) is 48.5 Å². The zero-order chi connectivity index (χ0) is 19.8.